The van der Waals surface area contributed by atoms with Gasteiger partial charge in [-0.05, 0) is 24.3 Å². The van der Waals surface area contributed by atoms with Gasteiger partial charge in [-0.15, -0.1) is 0 Å². The van der Waals surface area contributed by atoms with Crippen molar-refractivity contribution in [2.45, 2.75) is 12.7 Å². The summed E-state index contributed by atoms with van der Waals surface area (Å²) >= 11 is 0. The third-order valence-corrected chi connectivity index (χ3v) is 2.74. The number of halogens is 4. The van der Waals surface area contributed by atoms with Crippen LogP contribution in [-0.4, -0.2) is 5.11 Å². The summed E-state index contributed by atoms with van der Waals surface area (Å²) in [5.41, 5.74) is -0.267. The van der Waals surface area contributed by atoms with Gasteiger partial charge in [-0.3, -0.25) is 0 Å². The Labute approximate surface area is 112 Å². The molecule has 0 fully saturated rings. The summed E-state index contributed by atoms with van der Waals surface area (Å²) < 4.78 is 50.7. The van der Waals surface area contributed by atoms with Gasteiger partial charge in [0.05, 0.1) is 5.56 Å². The molecule has 0 unspecified atom stereocenters. The van der Waals surface area contributed by atoms with Crippen LogP contribution in [0.25, 0.3) is 0 Å². The first kappa shape index (κ1) is 14.2. The van der Waals surface area contributed by atoms with Gasteiger partial charge in [0, 0.05) is 17.8 Å². The van der Waals surface area contributed by atoms with E-state index in [1.165, 1.54) is 24.3 Å². The van der Waals surface area contributed by atoms with Gasteiger partial charge in [-0.2, -0.15) is 13.2 Å². The van der Waals surface area contributed by atoms with Crippen molar-refractivity contribution in [3.63, 3.8) is 0 Å². The molecule has 2 rings (SSSR count). The Morgan fingerprint density at radius 2 is 1.75 bits per heavy atom. The van der Waals surface area contributed by atoms with Crippen molar-refractivity contribution in [2.24, 2.45) is 0 Å². The number of phenolic OH excluding ortho intramolecular Hbond substituents is 1. The first-order valence-corrected chi connectivity index (χ1v) is 5.75. The van der Waals surface area contributed by atoms with Crippen LogP contribution < -0.4 is 5.32 Å². The fraction of sp³-hybridized carbons (Fsp3) is 0.143. The number of rotatable bonds is 3. The topological polar surface area (TPSA) is 32.3 Å². The maximum absolute atomic E-state index is 13.1. The van der Waals surface area contributed by atoms with Crippen LogP contribution in [0.15, 0.2) is 42.5 Å². The van der Waals surface area contributed by atoms with Crippen LogP contribution in [0.2, 0.25) is 0 Å². The summed E-state index contributed by atoms with van der Waals surface area (Å²) in [6.45, 7) is 0.0188. The Morgan fingerprint density at radius 1 is 1.05 bits per heavy atom. The number of aromatic hydroxyl groups is 1. The molecular weight excluding hydrogens is 274 g/mol. The number of phenols is 1. The Kier molecular flexibility index (Phi) is 3.83. The van der Waals surface area contributed by atoms with Gasteiger partial charge in [0.15, 0.2) is 11.6 Å². The van der Waals surface area contributed by atoms with Crippen molar-refractivity contribution in [2.75, 3.05) is 5.32 Å². The second kappa shape index (κ2) is 5.40. The highest BCUT2D eigenvalue weighted by Crippen LogP contribution is 2.31. The smallest absolute Gasteiger partial charge is 0.416 e. The summed E-state index contributed by atoms with van der Waals surface area (Å²) in [4.78, 5) is 0. The molecule has 0 saturated heterocycles. The molecule has 0 amide bonds. The van der Waals surface area contributed by atoms with E-state index in [1.54, 1.807) is 0 Å². The number of hydrogen-bond donors (Lipinski definition) is 2. The quantitative estimate of drug-likeness (QED) is 0.830. The molecule has 6 heteroatoms. The molecule has 2 aromatic rings. The number of alkyl halides is 3. The van der Waals surface area contributed by atoms with Crippen LogP contribution in [0.3, 0.4) is 0 Å². The highest BCUT2D eigenvalue weighted by Gasteiger charge is 2.30. The monoisotopic (exact) mass is 285 g/mol. The van der Waals surface area contributed by atoms with Gasteiger partial charge >= 0.3 is 6.18 Å². The number of benzene rings is 2. The first-order valence-electron chi connectivity index (χ1n) is 5.75. The molecule has 20 heavy (non-hydrogen) atoms. The minimum absolute atomic E-state index is 0.0188. The van der Waals surface area contributed by atoms with Crippen LogP contribution in [0, 0.1) is 5.82 Å². The molecule has 0 aliphatic heterocycles. The number of hydrogen-bond acceptors (Lipinski definition) is 2. The molecule has 0 aromatic heterocycles. The lowest BCUT2D eigenvalue weighted by Crippen LogP contribution is -2.06. The minimum Gasteiger partial charge on any atom is -0.505 e. The molecule has 106 valence electrons. The Balaban J connectivity index is 2.13. The first-order chi connectivity index (χ1) is 9.38. The molecule has 0 aliphatic rings. The molecule has 0 radical (unpaired) electrons. The maximum Gasteiger partial charge on any atom is 0.416 e. The lowest BCUT2D eigenvalue weighted by molar-refractivity contribution is -0.137. The zero-order valence-corrected chi connectivity index (χ0v) is 10.2. The highest BCUT2D eigenvalue weighted by molar-refractivity contribution is 5.48. The summed E-state index contributed by atoms with van der Waals surface area (Å²) in [5.74, 6) is -1.28. The largest absolute Gasteiger partial charge is 0.505 e. The van der Waals surface area contributed by atoms with E-state index in [-0.39, 0.29) is 17.8 Å². The van der Waals surface area contributed by atoms with Crippen LogP contribution in [0.5, 0.6) is 5.75 Å². The van der Waals surface area contributed by atoms with Gasteiger partial charge in [0.2, 0.25) is 0 Å². The van der Waals surface area contributed by atoms with Crippen molar-refractivity contribution in [3.05, 3.63) is 59.4 Å². The van der Waals surface area contributed by atoms with Gasteiger partial charge in [0.1, 0.15) is 0 Å². The fourth-order valence-electron chi connectivity index (χ4n) is 1.71. The number of nitrogens with one attached hydrogen (secondary N) is 1. The van der Waals surface area contributed by atoms with Crippen molar-refractivity contribution in [1.82, 2.24) is 0 Å². The Hall–Kier alpha value is -2.24. The molecule has 2 aromatic carbocycles. The lowest BCUT2D eigenvalue weighted by Gasteiger charge is -2.11. The molecule has 0 saturated carbocycles. The van der Waals surface area contributed by atoms with E-state index in [0.29, 0.717) is 0 Å². The van der Waals surface area contributed by atoms with Gasteiger partial charge in [0.25, 0.3) is 0 Å². The van der Waals surface area contributed by atoms with E-state index >= 15 is 0 Å². The SMILES string of the molecule is Oc1c(F)cccc1CNc1cccc(C(F)(F)F)c1. The van der Waals surface area contributed by atoms with Crippen molar-refractivity contribution in [3.8, 4) is 5.75 Å². The van der Waals surface area contributed by atoms with Crippen molar-refractivity contribution >= 4 is 5.69 Å². The molecule has 2 N–H and O–H groups in total. The third-order valence-electron chi connectivity index (χ3n) is 2.74. The minimum atomic E-state index is -4.42. The van der Waals surface area contributed by atoms with E-state index in [4.69, 9.17) is 0 Å². The average molecular weight is 285 g/mol. The van der Waals surface area contributed by atoms with Crippen molar-refractivity contribution in [1.29, 1.82) is 0 Å². The van der Waals surface area contributed by atoms with E-state index in [0.717, 1.165) is 18.2 Å². The summed E-state index contributed by atoms with van der Waals surface area (Å²) in [7, 11) is 0. The van der Waals surface area contributed by atoms with Gasteiger partial charge in [-0.1, -0.05) is 18.2 Å². The molecule has 0 atom stereocenters. The Morgan fingerprint density at radius 3 is 2.45 bits per heavy atom. The van der Waals surface area contributed by atoms with Crippen LogP contribution in [0.4, 0.5) is 23.2 Å². The van der Waals surface area contributed by atoms with Gasteiger partial charge < -0.3 is 10.4 Å². The van der Waals surface area contributed by atoms with Crippen LogP contribution >= 0.6 is 0 Å². The summed E-state index contributed by atoms with van der Waals surface area (Å²) in [6.07, 6.45) is -4.42. The van der Waals surface area contributed by atoms with E-state index in [9.17, 15) is 22.7 Å². The van der Waals surface area contributed by atoms with Gasteiger partial charge in [-0.25, -0.2) is 4.39 Å². The standard InChI is InChI=1S/C14H11F4NO/c15-12-6-1-3-9(13(12)20)8-19-11-5-2-4-10(7-11)14(16,17)18/h1-7,19-20H,8H2. The zero-order valence-electron chi connectivity index (χ0n) is 10.2. The summed E-state index contributed by atoms with van der Waals surface area (Å²) in [6, 6.07) is 8.66. The summed E-state index contributed by atoms with van der Waals surface area (Å²) in [5, 5.41) is 12.2. The normalized spacial score (nSPS) is 11.4. The maximum atomic E-state index is 13.1. The lowest BCUT2D eigenvalue weighted by atomic mass is 10.1. The second-order valence-corrected chi connectivity index (χ2v) is 4.18. The number of anilines is 1. The second-order valence-electron chi connectivity index (χ2n) is 4.18. The predicted molar refractivity (Wildman–Crippen MR) is 66.8 cm³/mol. The molecule has 0 aliphatic carbocycles. The van der Waals surface area contributed by atoms with Crippen LogP contribution in [-0.2, 0) is 12.7 Å². The predicted octanol–water partition coefficient (Wildman–Crippen LogP) is 4.16. The molecule has 2 nitrogen and oxygen atoms in total. The number of para-hydroxylation sites is 1. The molecular formula is C14H11F4NO. The van der Waals surface area contributed by atoms with E-state index in [2.05, 4.69) is 5.32 Å². The van der Waals surface area contributed by atoms with Crippen LogP contribution in [0.1, 0.15) is 11.1 Å². The fourth-order valence-corrected chi connectivity index (χ4v) is 1.71. The van der Waals surface area contributed by atoms with E-state index < -0.39 is 23.3 Å². The Bertz CT molecular complexity index is 610. The third kappa shape index (κ3) is 3.20. The van der Waals surface area contributed by atoms with E-state index in [1.807, 2.05) is 0 Å². The highest BCUT2D eigenvalue weighted by atomic mass is 19.4. The zero-order chi connectivity index (χ0) is 14.8. The van der Waals surface area contributed by atoms with Crippen molar-refractivity contribution < 1.29 is 22.7 Å². The molecule has 0 bridgehead atoms. The molecule has 0 heterocycles. The average Bonchev–Trinajstić information content (AvgIpc) is 2.40. The molecule has 0 spiro atoms.